The molecule has 28 heavy (non-hydrogen) atoms. The first-order valence-corrected chi connectivity index (χ1v) is 11.5. The van der Waals surface area contributed by atoms with E-state index in [4.69, 9.17) is 10.6 Å². The molecule has 1 aromatic rings. The molecule has 0 spiro atoms. The molecule has 0 saturated heterocycles. The second-order valence-electron chi connectivity index (χ2n) is 7.80. The lowest BCUT2D eigenvalue weighted by Crippen LogP contribution is -2.29. The summed E-state index contributed by atoms with van der Waals surface area (Å²) >= 11 is 0. The van der Waals surface area contributed by atoms with Crippen molar-refractivity contribution >= 4 is 5.91 Å². The molecule has 1 aromatic carbocycles. The lowest BCUT2D eigenvalue weighted by molar-refractivity contribution is 0.0953. The molecule has 0 aliphatic rings. The summed E-state index contributed by atoms with van der Waals surface area (Å²) in [6.07, 6.45) is 20.5. The third-order valence-corrected chi connectivity index (χ3v) is 5.26. The van der Waals surface area contributed by atoms with Gasteiger partial charge in [-0.25, -0.2) is 5.84 Å². The number of hydrogen-bond donors (Lipinski definition) is 2. The summed E-state index contributed by atoms with van der Waals surface area (Å²) in [6, 6.07) is 7.08. The molecule has 0 fully saturated rings. The number of hydrogen-bond acceptors (Lipinski definition) is 3. The van der Waals surface area contributed by atoms with Gasteiger partial charge in [-0.2, -0.15) is 0 Å². The highest BCUT2D eigenvalue weighted by Gasteiger charge is 2.02. The fraction of sp³-hybridized carbons (Fsp3) is 0.708. The van der Waals surface area contributed by atoms with Crippen molar-refractivity contribution in [3.63, 3.8) is 0 Å². The van der Waals surface area contributed by atoms with Crippen LogP contribution in [-0.2, 0) is 0 Å². The van der Waals surface area contributed by atoms with Crippen LogP contribution in [0.4, 0.5) is 0 Å². The second kappa shape index (κ2) is 17.5. The molecule has 0 atom stereocenters. The van der Waals surface area contributed by atoms with Gasteiger partial charge in [0.2, 0.25) is 0 Å². The maximum atomic E-state index is 11.4. The first kappa shape index (κ1) is 24.5. The summed E-state index contributed by atoms with van der Waals surface area (Å²) in [4.78, 5) is 11.4. The quantitative estimate of drug-likeness (QED) is 0.129. The summed E-state index contributed by atoms with van der Waals surface area (Å²) in [7, 11) is 0. The zero-order valence-electron chi connectivity index (χ0n) is 18.0. The van der Waals surface area contributed by atoms with Crippen molar-refractivity contribution in [3.05, 3.63) is 29.8 Å². The number of amides is 1. The Morgan fingerprint density at radius 2 is 1.18 bits per heavy atom. The Labute approximate surface area is 172 Å². The Hall–Kier alpha value is -1.55. The van der Waals surface area contributed by atoms with Crippen LogP contribution in [0.1, 0.15) is 114 Å². The molecule has 3 N–H and O–H groups in total. The number of benzene rings is 1. The highest BCUT2D eigenvalue weighted by molar-refractivity contribution is 5.93. The number of ether oxygens (including phenoxy) is 1. The van der Waals surface area contributed by atoms with Gasteiger partial charge in [0.1, 0.15) is 5.75 Å². The van der Waals surface area contributed by atoms with Crippen LogP contribution < -0.4 is 16.0 Å². The average molecular weight is 391 g/mol. The highest BCUT2D eigenvalue weighted by atomic mass is 16.5. The summed E-state index contributed by atoms with van der Waals surface area (Å²) in [5.41, 5.74) is 2.67. The van der Waals surface area contributed by atoms with Crippen LogP contribution in [0, 0.1) is 0 Å². The van der Waals surface area contributed by atoms with Crippen molar-refractivity contribution in [1.29, 1.82) is 0 Å². The minimum atomic E-state index is -0.283. The predicted molar refractivity (Wildman–Crippen MR) is 119 cm³/mol. The molecule has 0 bridgehead atoms. The topological polar surface area (TPSA) is 64.3 Å². The monoisotopic (exact) mass is 390 g/mol. The van der Waals surface area contributed by atoms with E-state index in [-0.39, 0.29) is 5.91 Å². The van der Waals surface area contributed by atoms with Crippen LogP contribution >= 0.6 is 0 Å². The Balaban J connectivity index is 1.84. The van der Waals surface area contributed by atoms with Gasteiger partial charge in [-0.3, -0.25) is 10.2 Å². The van der Waals surface area contributed by atoms with E-state index < -0.39 is 0 Å². The number of rotatable bonds is 18. The number of nitrogens with one attached hydrogen (secondary N) is 1. The molecule has 160 valence electrons. The van der Waals surface area contributed by atoms with Gasteiger partial charge >= 0.3 is 0 Å². The molecule has 1 rings (SSSR count). The zero-order chi connectivity index (χ0) is 20.3. The molecule has 4 heteroatoms. The number of carbonyl (C=O) groups is 1. The van der Waals surface area contributed by atoms with Gasteiger partial charge in [-0.15, -0.1) is 0 Å². The number of nitrogen functional groups attached to an aromatic ring is 1. The van der Waals surface area contributed by atoms with Gasteiger partial charge in [-0.05, 0) is 30.7 Å². The summed E-state index contributed by atoms with van der Waals surface area (Å²) in [6.45, 7) is 3.02. The molecule has 0 radical (unpaired) electrons. The van der Waals surface area contributed by atoms with E-state index >= 15 is 0 Å². The smallest absolute Gasteiger partial charge is 0.265 e. The molecule has 4 nitrogen and oxygen atoms in total. The summed E-state index contributed by atoms with van der Waals surface area (Å²) in [5.74, 6) is 5.64. The lowest BCUT2D eigenvalue weighted by Gasteiger charge is -2.07. The molecule has 0 unspecified atom stereocenters. The molecule has 0 aliphatic heterocycles. The van der Waals surface area contributed by atoms with Gasteiger partial charge in [0.25, 0.3) is 5.91 Å². The van der Waals surface area contributed by atoms with Crippen molar-refractivity contribution in [1.82, 2.24) is 5.43 Å². The third kappa shape index (κ3) is 12.8. The van der Waals surface area contributed by atoms with Crippen LogP contribution in [0.3, 0.4) is 0 Å². The van der Waals surface area contributed by atoms with Gasteiger partial charge in [0.15, 0.2) is 0 Å². The molecule has 1 amide bonds. The molecule has 0 aliphatic carbocycles. The summed E-state index contributed by atoms with van der Waals surface area (Å²) < 4.78 is 5.72. The maximum Gasteiger partial charge on any atom is 0.265 e. The minimum absolute atomic E-state index is 0.283. The Morgan fingerprint density at radius 1 is 0.750 bits per heavy atom. The average Bonchev–Trinajstić information content (AvgIpc) is 2.73. The predicted octanol–water partition coefficient (Wildman–Crippen LogP) is 6.54. The summed E-state index contributed by atoms with van der Waals surface area (Å²) in [5, 5.41) is 0. The fourth-order valence-electron chi connectivity index (χ4n) is 3.45. The number of carbonyl (C=O) groups excluding carboxylic acids is 1. The SMILES string of the molecule is CCCCCCCCCCCCCCCCCOc1ccc(C(=O)NN)cc1. The van der Waals surface area contributed by atoms with Crippen LogP contribution in [0.2, 0.25) is 0 Å². The largest absolute Gasteiger partial charge is 0.494 e. The Kier molecular flexibility index (Phi) is 15.3. The van der Waals surface area contributed by atoms with Crippen molar-refractivity contribution < 1.29 is 9.53 Å². The van der Waals surface area contributed by atoms with E-state index in [0.717, 1.165) is 18.8 Å². The van der Waals surface area contributed by atoms with E-state index in [1.54, 1.807) is 12.1 Å². The standard InChI is InChI=1S/C24H42N2O2/c1-2-3-4-5-6-7-8-9-10-11-12-13-14-15-16-21-28-23-19-17-22(18-20-23)24(27)26-25/h17-20H,2-16,21,25H2,1H3,(H,26,27). The molecule has 0 heterocycles. The lowest BCUT2D eigenvalue weighted by atomic mass is 10.0. The first-order valence-electron chi connectivity index (χ1n) is 11.5. The molecule has 0 aromatic heterocycles. The van der Waals surface area contributed by atoms with E-state index in [2.05, 4.69) is 12.3 Å². The van der Waals surface area contributed by atoms with Crippen molar-refractivity contribution in [2.24, 2.45) is 5.84 Å². The molecular formula is C24H42N2O2. The first-order chi connectivity index (χ1) is 13.8. The van der Waals surface area contributed by atoms with Gasteiger partial charge < -0.3 is 4.74 Å². The van der Waals surface area contributed by atoms with Crippen molar-refractivity contribution in [2.45, 2.75) is 103 Å². The molecular weight excluding hydrogens is 348 g/mol. The van der Waals surface area contributed by atoms with Gasteiger partial charge in [0.05, 0.1) is 6.61 Å². The maximum absolute atomic E-state index is 11.4. The van der Waals surface area contributed by atoms with E-state index in [1.807, 2.05) is 12.1 Å². The number of hydrazine groups is 1. The van der Waals surface area contributed by atoms with Crippen LogP contribution in [0.25, 0.3) is 0 Å². The molecule has 0 saturated carbocycles. The van der Waals surface area contributed by atoms with Crippen molar-refractivity contribution in [3.8, 4) is 5.75 Å². The normalized spacial score (nSPS) is 10.8. The van der Waals surface area contributed by atoms with Crippen molar-refractivity contribution in [2.75, 3.05) is 6.61 Å². The van der Waals surface area contributed by atoms with Crippen LogP contribution in [-0.4, -0.2) is 12.5 Å². The second-order valence-corrected chi connectivity index (χ2v) is 7.80. The van der Waals surface area contributed by atoms with E-state index in [0.29, 0.717) is 5.56 Å². The highest BCUT2D eigenvalue weighted by Crippen LogP contribution is 2.15. The minimum Gasteiger partial charge on any atom is -0.494 e. The number of nitrogens with two attached hydrogens (primary N) is 1. The van der Waals surface area contributed by atoms with Crippen LogP contribution in [0.5, 0.6) is 5.75 Å². The fourth-order valence-corrected chi connectivity index (χ4v) is 3.45. The van der Waals surface area contributed by atoms with Crippen LogP contribution in [0.15, 0.2) is 24.3 Å². The Bertz CT molecular complexity index is 488. The van der Waals surface area contributed by atoms with Gasteiger partial charge in [-0.1, -0.05) is 96.8 Å². The Morgan fingerprint density at radius 3 is 1.61 bits per heavy atom. The van der Waals surface area contributed by atoms with E-state index in [1.165, 1.54) is 89.9 Å². The zero-order valence-corrected chi connectivity index (χ0v) is 18.0. The number of unbranched alkanes of at least 4 members (excludes halogenated alkanes) is 14. The van der Waals surface area contributed by atoms with E-state index in [9.17, 15) is 4.79 Å². The third-order valence-electron chi connectivity index (χ3n) is 5.26. The van der Waals surface area contributed by atoms with Gasteiger partial charge in [0, 0.05) is 5.56 Å².